The normalized spacial score (nSPS) is 12.6. The highest BCUT2D eigenvalue weighted by atomic mass is 32.1. The van der Waals surface area contributed by atoms with Crippen molar-refractivity contribution in [2.45, 2.75) is 26.7 Å². The summed E-state index contributed by atoms with van der Waals surface area (Å²) < 4.78 is 11.0. The quantitative estimate of drug-likeness (QED) is 0.650. The van der Waals surface area contributed by atoms with Gasteiger partial charge in [-0.15, -0.1) is 0 Å². The van der Waals surface area contributed by atoms with Gasteiger partial charge in [0.1, 0.15) is 11.3 Å². The van der Waals surface area contributed by atoms with E-state index in [9.17, 15) is 4.79 Å². The minimum Gasteiger partial charge on any atom is -0.493 e. The minimum atomic E-state index is -0.327. The van der Waals surface area contributed by atoms with Gasteiger partial charge in [0.25, 0.3) is 0 Å². The average Bonchev–Trinajstić information content (AvgIpc) is 2.42. The third-order valence-corrected chi connectivity index (χ3v) is 3.88. The molecule has 0 amide bonds. The lowest BCUT2D eigenvalue weighted by atomic mass is 10.1. The lowest BCUT2D eigenvalue weighted by Crippen LogP contribution is -2.13. The zero-order chi connectivity index (χ0) is 14.5. The molecule has 1 atom stereocenters. The van der Waals surface area contributed by atoms with Gasteiger partial charge in [0, 0.05) is 23.4 Å². The van der Waals surface area contributed by atoms with Gasteiger partial charge in [-0.2, -0.15) is 12.6 Å². The van der Waals surface area contributed by atoms with Crippen molar-refractivity contribution < 1.29 is 9.15 Å². The van der Waals surface area contributed by atoms with Crippen molar-refractivity contribution >= 4 is 23.6 Å². The summed E-state index contributed by atoms with van der Waals surface area (Å²) in [5.74, 6) is 1.99. The second-order valence-electron chi connectivity index (χ2n) is 5.05. The molecule has 1 heterocycles. The van der Waals surface area contributed by atoms with Crippen LogP contribution in [0.15, 0.2) is 33.5 Å². The zero-order valence-electron chi connectivity index (χ0n) is 11.9. The SMILES string of the molecule is CCCC(CS)COc1ccc2c(C)cc(=O)oc2c1. The molecule has 0 spiro atoms. The van der Waals surface area contributed by atoms with E-state index in [1.807, 2.05) is 19.1 Å². The van der Waals surface area contributed by atoms with E-state index in [-0.39, 0.29) is 5.63 Å². The predicted molar refractivity (Wildman–Crippen MR) is 85.0 cm³/mol. The molecule has 3 nitrogen and oxygen atoms in total. The van der Waals surface area contributed by atoms with Crippen LogP contribution in [0.1, 0.15) is 25.3 Å². The molecule has 1 aromatic carbocycles. The molecule has 1 unspecified atom stereocenters. The number of rotatable bonds is 6. The van der Waals surface area contributed by atoms with Crippen LogP contribution in [0, 0.1) is 12.8 Å². The van der Waals surface area contributed by atoms with Crippen molar-refractivity contribution in [3.8, 4) is 5.75 Å². The fraction of sp³-hybridized carbons (Fsp3) is 0.438. The lowest BCUT2D eigenvalue weighted by Gasteiger charge is -2.14. The predicted octanol–water partition coefficient (Wildman–Crippen LogP) is 3.83. The molecule has 2 aromatic rings. The number of fused-ring (bicyclic) bond motifs is 1. The number of ether oxygens (including phenoxy) is 1. The Balaban J connectivity index is 2.17. The second kappa shape index (κ2) is 6.84. The van der Waals surface area contributed by atoms with Gasteiger partial charge in [0.15, 0.2) is 0 Å². The minimum absolute atomic E-state index is 0.327. The van der Waals surface area contributed by atoms with Gasteiger partial charge in [-0.3, -0.25) is 0 Å². The van der Waals surface area contributed by atoms with Crippen molar-refractivity contribution in [3.05, 3.63) is 40.2 Å². The maximum atomic E-state index is 11.4. The lowest BCUT2D eigenvalue weighted by molar-refractivity contribution is 0.254. The highest BCUT2D eigenvalue weighted by molar-refractivity contribution is 7.80. The fourth-order valence-corrected chi connectivity index (χ4v) is 2.53. The van der Waals surface area contributed by atoms with Crippen LogP contribution < -0.4 is 10.4 Å². The molecule has 0 N–H and O–H groups in total. The van der Waals surface area contributed by atoms with Crippen molar-refractivity contribution in [2.75, 3.05) is 12.4 Å². The Labute approximate surface area is 124 Å². The van der Waals surface area contributed by atoms with E-state index < -0.39 is 0 Å². The van der Waals surface area contributed by atoms with Crippen molar-refractivity contribution in [1.82, 2.24) is 0 Å². The second-order valence-corrected chi connectivity index (χ2v) is 5.42. The molecule has 0 aliphatic rings. The van der Waals surface area contributed by atoms with Gasteiger partial charge >= 0.3 is 5.63 Å². The molecule has 0 saturated heterocycles. The number of thiol groups is 1. The monoisotopic (exact) mass is 292 g/mol. The Morgan fingerprint density at radius 2 is 2.15 bits per heavy atom. The molecular weight excluding hydrogens is 272 g/mol. The van der Waals surface area contributed by atoms with Crippen molar-refractivity contribution in [1.29, 1.82) is 0 Å². The molecule has 0 fully saturated rings. The topological polar surface area (TPSA) is 39.4 Å². The van der Waals surface area contributed by atoms with Gasteiger partial charge in [-0.25, -0.2) is 4.79 Å². The van der Waals surface area contributed by atoms with E-state index >= 15 is 0 Å². The van der Waals surface area contributed by atoms with Crippen LogP contribution >= 0.6 is 12.6 Å². The molecule has 2 rings (SSSR count). The highest BCUT2D eigenvalue weighted by Gasteiger charge is 2.08. The van der Waals surface area contributed by atoms with Crippen LogP contribution in [-0.2, 0) is 0 Å². The number of benzene rings is 1. The zero-order valence-corrected chi connectivity index (χ0v) is 12.8. The first-order valence-electron chi connectivity index (χ1n) is 6.92. The first-order valence-corrected chi connectivity index (χ1v) is 7.55. The molecule has 0 aliphatic heterocycles. The van der Waals surface area contributed by atoms with E-state index in [1.165, 1.54) is 6.07 Å². The molecule has 4 heteroatoms. The van der Waals surface area contributed by atoms with Crippen LogP contribution in [0.3, 0.4) is 0 Å². The summed E-state index contributed by atoms with van der Waals surface area (Å²) in [6.07, 6.45) is 2.23. The van der Waals surface area contributed by atoms with Crippen molar-refractivity contribution in [2.24, 2.45) is 5.92 Å². The summed E-state index contributed by atoms with van der Waals surface area (Å²) in [5, 5.41) is 0.941. The van der Waals surface area contributed by atoms with E-state index in [0.717, 1.165) is 35.3 Å². The van der Waals surface area contributed by atoms with Gasteiger partial charge in [-0.1, -0.05) is 13.3 Å². The molecule has 1 aromatic heterocycles. The highest BCUT2D eigenvalue weighted by Crippen LogP contribution is 2.23. The van der Waals surface area contributed by atoms with Gasteiger partial charge in [0.05, 0.1) is 6.61 Å². The smallest absolute Gasteiger partial charge is 0.336 e. The summed E-state index contributed by atoms with van der Waals surface area (Å²) >= 11 is 4.34. The van der Waals surface area contributed by atoms with E-state index in [4.69, 9.17) is 9.15 Å². The third kappa shape index (κ3) is 3.57. The summed E-state index contributed by atoms with van der Waals surface area (Å²) in [6.45, 7) is 4.70. The standard InChI is InChI=1S/C16H20O3S/c1-3-4-12(10-20)9-18-13-5-6-14-11(2)7-16(17)19-15(14)8-13/h5-8,12,20H,3-4,9-10H2,1-2H3. The fourth-order valence-electron chi connectivity index (χ4n) is 2.24. The molecule has 20 heavy (non-hydrogen) atoms. The molecule has 0 bridgehead atoms. The van der Waals surface area contributed by atoms with Gasteiger partial charge in [-0.05, 0) is 36.8 Å². The molecule has 0 saturated carbocycles. The third-order valence-electron chi connectivity index (χ3n) is 3.36. The Kier molecular flexibility index (Phi) is 5.12. The van der Waals surface area contributed by atoms with Crippen LogP contribution in [0.4, 0.5) is 0 Å². The van der Waals surface area contributed by atoms with Crippen molar-refractivity contribution in [3.63, 3.8) is 0 Å². The average molecular weight is 292 g/mol. The van der Waals surface area contributed by atoms with Crippen LogP contribution in [-0.4, -0.2) is 12.4 Å². The first-order chi connectivity index (χ1) is 9.63. The summed E-state index contributed by atoms with van der Waals surface area (Å²) in [5.41, 5.74) is 1.17. The number of hydrogen-bond donors (Lipinski definition) is 1. The largest absolute Gasteiger partial charge is 0.493 e. The Hall–Kier alpha value is -1.42. The molecule has 108 valence electrons. The number of aryl methyl sites for hydroxylation is 1. The van der Waals surface area contributed by atoms with E-state index in [1.54, 1.807) is 6.07 Å². The first kappa shape index (κ1) is 15.0. The Morgan fingerprint density at radius 3 is 2.85 bits per heavy atom. The van der Waals surface area contributed by atoms with Gasteiger partial charge in [0.2, 0.25) is 0 Å². The number of hydrogen-bond acceptors (Lipinski definition) is 4. The molecule has 0 aliphatic carbocycles. The molecular formula is C16H20O3S. The maximum absolute atomic E-state index is 11.4. The molecule has 0 radical (unpaired) electrons. The summed E-state index contributed by atoms with van der Waals surface area (Å²) in [6, 6.07) is 7.13. The van der Waals surface area contributed by atoms with Gasteiger partial charge < -0.3 is 9.15 Å². The van der Waals surface area contributed by atoms with Crippen LogP contribution in [0.2, 0.25) is 0 Å². The van der Waals surface area contributed by atoms with E-state index in [2.05, 4.69) is 19.6 Å². The maximum Gasteiger partial charge on any atom is 0.336 e. The van der Waals surface area contributed by atoms with Crippen LogP contribution in [0.5, 0.6) is 5.75 Å². The Bertz CT molecular complexity index is 633. The Morgan fingerprint density at radius 1 is 1.35 bits per heavy atom. The summed E-state index contributed by atoms with van der Waals surface area (Å²) in [7, 11) is 0. The summed E-state index contributed by atoms with van der Waals surface area (Å²) in [4.78, 5) is 11.4. The van der Waals surface area contributed by atoms with E-state index in [0.29, 0.717) is 18.1 Å². The van der Waals surface area contributed by atoms with Crippen LogP contribution in [0.25, 0.3) is 11.0 Å².